The van der Waals surface area contributed by atoms with E-state index in [9.17, 15) is 4.79 Å². The lowest BCUT2D eigenvalue weighted by atomic mass is 10.4. The van der Waals surface area contributed by atoms with Crippen molar-refractivity contribution in [1.29, 1.82) is 0 Å². The van der Waals surface area contributed by atoms with Crippen molar-refractivity contribution < 1.29 is 4.79 Å². The number of amides is 1. The summed E-state index contributed by atoms with van der Waals surface area (Å²) in [6.07, 6.45) is 2.96. The van der Waals surface area contributed by atoms with E-state index in [4.69, 9.17) is 0 Å². The maximum absolute atomic E-state index is 11.8. The Labute approximate surface area is 147 Å². The van der Waals surface area contributed by atoms with Gasteiger partial charge < -0.3 is 10.6 Å². The van der Waals surface area contributed by atoms with Crippen molar-refractivity contribution in [1.82, 2.24) is 30.3 Å². The van der Waals surface area contributed by atoms with Crippen molar-refractivity contribution in [3.05, 3.63) is 0 Å². The molecule has 10 heteroatoms. The monoisotopic (exact) mass is 357 g/mol. The summed E-state index contributed by atoms with van der Waals surface area (Å²) in [4.78, 5) is 23.7. The van der Waals surface area contributed by atoms with Crippen LogP contribution in [0.1, 0.15) is 19.3 Å². The largest absolute Gasteiger partial charge is 0.354 e. The molecule has 23 heavy (non-hydrogen) atoms. The average Bonchev–Trinajstić information content (AvgIpc) is 3.02. The summed E-state index contributed by atoms with van der Waals surface area (Å²) in [7, 11) is 2.03. The molecule has 2 rings (SSSR count). The van der Waals surface area contributed by atoms with E-state index < -0.39 is 0 Å². The summed E-state index contributed by atoms with van der Waals surface area (Å²) >= 11 is 8.11. The molecule has 2 N–H and O–H groups in total. The molecule has 0 aliphatic carbocycles. The number of thiol groups is 2. The van der Waals surface area contributed by atoms with Gasteiger partial charge in [0, 0.05) is 46.2 Å². The number of hydrogen-bond donors (Lipinski definition) is 4. The summed E-state index contributed by atoms with van der Waals surface area (Å²) in [5, 5.41) is 10.9. The molecule has 1 aromatic heterocycles. The fourth-order valence-electron chi connectivity index (χ4n) is 2.34. The van der Waals surface area contributed by atoms with Gasteiger partial charge in [-0.3, -0.25) is 4.79 Å². The molecule has 1 aromatic rings. The highest BCUT2D eigenvalue weighted by molar-refractivity contribution is 7.80. The smallest absolute Gasteiger partial charge is 0.227 e. The summed E-state index contributed by atoms with van der Waals surface area (Å²) < 4.78 is 0. The second kappa shape index (κ2) is 9.26. The van der Waals surface area contributed by atoms with E-state index >= 15 is 0 Å². The van der Waals surface area contributed by atoms with Gasteiger partial charge in [-0.15, -0.1) is 25.3 Å². The summed E-state index contributed by atoms with van der Waals surface area (Å²) in [5.41, 5.74) is 0. The van der Waals surface area contributed by atoms with Crippen LogP contribution in [0.3, 0.4) is 0 Å². The molecule has 0 atom stereocenters. The normalized spacial score (nSPS) is 15.1. The summed E-state index contributed by atoms with van der Waals surface area (Å²) in [6.45, 7) is 3.95. The van der Waals surface area contributed by atoms with E-state index in [1.54, 1.807) is 0 Å². The number of carbonyl (C=O) groups is 1. The molecule has 0 aromatic carbocycles. The summed E-state index contributed by atoms with van der Waals surface area (Å²) in [6, 6.07) is 0. The minimum absolute atomic E-state index is 0.0401. The van der Waals surface area contributed by atoms with Crippen molar-refractivity contribution in [2.75, 3.05) is 45.1 Å². The number of nitrogens with one attached hydrogen (secondary N) is 2. The third-order valence-corrected chi connectivity index (χ3v) is 3.97. The fraction of sp³-hybridized carbons (Fsp3) is 0.692. The lowest BCUT2D eigenvalue weighted by molar-refractivity contribution is -0.122. The number of nitrogens with zero attached hydrogens (tertiary/aromatic N) is 5. The minimum atomic E-state index is 0.0401. The maximum Gasteiger partial charge on any atom is 0.227 e. The van der Waals surface area contributed by atoms with Gasteiger partial charge in [-0.1, -0.05) is 0 Å². The van der Waals surface area contributed by atoms with Crippen LogP contribution in [-0.2, 0) is 4.79 Å². The average molecular weight is 358 g/mol. The quantitative estimate of drug-likeness (QED) is 0.393. The molecule has 0 spiro atoms. The van der Waals surface area contributed by atoms with Gasteiger partial charge >= 0.3 is 0 Å². The zero-order chi connectivity index (χ0) is 16.7. The van der Waals surface area contributed by atoms with Crippen molar-refractivity contribution in [2.45, 2.75) is 29.6 Å². The molecule has 1 saturated heterocycles. The van der Waals surface area contributed by atoms with E-state index in [0.29, 0.717) is 35.8 Å². The zero-order valence-electron chi connectivity index (χ0n) is 13.2. The highest BCUT2D eigenvalue weighted by Crippen LogP contribution is 2.09. The van der Waals surface area contributed by atoms with E-state index in [1.165, 1.54) is 12.8 Å². The number of carbonyl (C=O) groups excluding carboxylic acids is 1. The Bertz CT molecular complexity index is 505. The Morgan fingerprint density at radius 2 is 1.83 bits per heavy atom. The van der Waals surface area contributed by atoms with Gasteiger partial charge in [0.15, 0.2) is 10.3 Å². The third-order valence-electron chi connectivity index (χ3n) is 3.57. The van der Waals surface area contributed by atoms with Crippen LogP contribution in [0.25, 0.3) is 0 Å². The first-order chi connectivity index (χ1) is 11.0. The third kappa shape index (κ3) is 6.50. The van der Waals surface area contributed by atoms with Crippen molar-refractivity contribution in [2.24, 2.45) is 0 Å². The van der Waals surface area contributed by atoms with E-state index in [2.05, 4.69) is 60.9 Å². The summed E-state index contributed by atoms with van der Waals surface area (Å²) in [5.74, 6) is 0.441. The van der Waals surface area contributed by atoms with Crippen LogP contribution in [0.4, 0.5) is 5.95 Å². The predicted molar refractivity (Wildman–Crippen MR) is 93.9 cm³/mol. The minimum Gasteiger partial charge on any atom is -0.354 e. The Morgan fingerprint density at radius 1 is 1.17 bits per heavy atom. The Morgan fingerprint density at radius 3 is 2.48 bits per heavy atom. The van der Waals surface area contributed by atoms with Crippen LogP contribution in [0, 0.1) is 0 Å². The molecule has 128 valence electrons. The standard InChI is InChI=1S/C13H23N7OS2/c1-19(20-7-2-3-8-20)9-4-10(21)14-5-6-15-11-16-12(22)18-13(23)17-11/h2-9H2,1H3,(H,14,21)(H3,15,16,17,18,22,23). The Balaban J connectivity index is 1.59. The van der Waals surface area contributed by atoms with Crippen LogP contribution in [0.15, 0.2) is 10.3 Å². The number of aromatic nitrogens is 3. The Kier molecular flexibility index (Phi) is 7.34. The van der Waals surface area contributed by atoms with Crippen molar-refractivity contribution >= 4 is 37.1 Å². The van der Waals surface area contributed by atoms with Crippen molar-refractivity contribution in [3.8, 4) is 0 Å². The van der Waals surface area contributed by atoms with Gasteiger partial charge in [-0.05, 0) is 12.8 Å². The van der Waals surface area contributed by atoms with Gasteiger partial charge in [-0.25, -0.2) is 10.0 Å². The molecule has 0 bridgehead atoms. The van der Waals surface area contributed by atoms with Gasteiger partial charge in [0.2, 0.25) is 11.9 Å². The molecule has 1 aliphatic heterocycles. The topological polar surface area (TPSA) is 86.3 Å². The van der Waals surface area contributed by atoms with Crippen molar-refractivity contribution in [3.63, 3.8) is 0 Å². The van der Waals surface area contributed by atoms with Crippen LogP contribution < -0.4 is 10.6 Å². The molecular formula is C13H23N7OS2. The number of rotatable bonds is 8. The number of anilines is 1. The molecule has 2 heterocycles. The molecule has 0 radical (unpaired) electrons. The lowest BCUT2D eigenvalue weighted by Crippen LogP contribution is -2.40. The SMILES string of the molecule is CN(CCC(=O)NCCNc1nc(S)nc(S)n1)N1CCCC1. The van der Waals surface area contributed by atoms with Gasteiger partial charge in [0.25, 0.3) is 0 Å². The van der Waals surface area contributed by atoms with Gasteiger partial charge in [-0.2, -0.15) is 15.0 Å². The predicted octanol–water partition coefficient (Wildman–Crippen LogP) is 0.310. The maximum atomic E-state index is 11.8. The molecule has 0 saturated carbocycles. The van der Waals surface area contributed by atoms with Gasteiger partial charge in [0.05, 0.1) is 0 Å². The highest BCUT2D eigenvalue weighted by Gasteiger charge is 2.16. The number of hydrogen-bond acceptors (Lipinski definition) is 9. The first kappa shape index (κ1) is 18.2. The molecular weight excluding hydrogens is 334 g/mol. The van der Waals surface area contributed by atoms with Crippen LogP contribution >= 0.6 is 25.3 Å². The first-order valence-corrected chi connectivity index (χ1v) is 8.54. The molecule has 1 fully saturated rings. The van der Waals surface area contributed by atoms with E-state index in [1.807, 2.05) is 7.05 Å². The van der Waals surface area contributed by atoms with Crippen LogP contribution in [0.5, 0.6) is 0 Å². The fourth-order valence-corrected chi connectivity index (χ4v) is 2.80. The first-order valence-electron chi connectivity index (χ1n) is 7.65. The second-order valence-electron chi connectivity index (χ2n) is 5.33. The van der Waals surface area contributed by atoms with E-state index in [0.717, 1.165) is 19.6 Å². The van der Waals surface area contributed by atoms with Gasteiger partial charge in [0.1, 0.15) is 0 Å². The zero-order valence-corrected chi connectivity index (χ0v) is 15.0. The molecule has 1 amide bonds. The van der Waals surface area contributed by atoms with Crippen LogP contribution in [-0.4, -0.2) is 70.6 Å². The Hall–Kier alpha value is -1.10. The number of hydrazine groups is 1. The molecule has 1 aliphatic rings. The van der Waals surface area contributed by atoms with Crippen LogP contribution in [0.2, 0.25) is 0 Å². The second-order valence-corrected chi connectivity index (χ2v) is 6.13. The molecule has 0 unspecified atom stereocenters. The highest BCUT2D eigenvalue weighted by atomic mass is 32.1. The molecule has 8 nitrogen and oxygen atoms in total. The van der Waals surface area contributed by atoms with E-state index in [-0.39, 0.29) is 5.91 Å². The lowest BCUT2D eigenvalue weighted by Gasteiger charge is -2.27.